The molecule has 1 aliphatic carbocycles. The summed E-state index contributed by atoms with van der Waals surface area (Å²) in [4.78, 5) is 0. The molecule has 1 aromatic heterocycles. The van der Waals surface area contributed by atoms with Crippen molar-refractivity contribution in [2.45, 2.75) is 52.7 Å². The van der Waals surface area contributed by atoms with E-state index >= 15 is 0 Å². The summed E-state index contributed by atoms with van der Waals surface area (Å²) in [5, 5.41) is 14.7. The van der Waals surface area contributed by atoms with E-state index in [0.29, 0.717) is 5.92 Å². The number of nitrogens with zero attached hydrogens (tertiary/aromatic N) is 2. The van der Waals surface area contributed by atoms with E-state index in [-0.39, 0.29) is 6.10 Å². The van der Waals surface area contributed by atoms with E-state index in [1.165, 1.54) is 6.42 Å². The number of aliphatic hydroxyl groups excluding tert-OH is 1. The SMILES string of the molecule is CCn1cc(C(O)C2CC(C)CC(C)C2)cn1. The number of hydrogen-bond acceptors (Lipinski definition) is 2. The molecule has 1 heterocycles. The third-order valence-corrected chi connectivity index (χ3v) is 3.98. The topological polar surface area (TPSA) is 38.0 Å². The summed E-state index contributed by atoms with van der Waals surface area (Å²) < 4.78 is 1.88. The molecule has 3 heteroatoms. The average Bonchev–Trinajstić information content (AvgIpc) is 2.75. The van der Waals surface area contributed by atoms with Crippen LogP contribution in [0.4, 0.5) is 0 Å². The first-order valence-electron chi connectivity index (χ1n) is 6.80. The van der Waals surface area contributed by atoms with Gasteiger partial charge in [0, 0.05) is 18.3 Å². The van der Waals surface area contributed by atoms with E-state index in [1.807, 2.05) is 17.1 Å². The highest BCUT2D eigenvalue weighted by atomic mass is 16.3. The van der Waals surface area contributed by atoms with Gasteiger partial charge in [-0.15, -0.1) is 0 Å². The average molecular weight is 236 g/mol. The Kier molecular flexibility index (Phi) is 3.87. The normalized spacial score (nSPS) is 31.4. The highest BCUT2D eigenvalue weighted by molar-refractivity contribution is 5.09. The van der Waals surface area contributed by atoms with Crippen molar-refractivity contribution in [1.29, 1.82) is 0 Å². The van der Waals surface area contributed by atoms with Crippen LogP contribution in [0.2, 0.25) is 0 Å². The molecule has 1 saturated carbocycles. The van der Waals surface area contributed by atoms with Crippen LogP contribution >= 0.6 is 0 Å². The van der Waals surface area contributed by atoms with E-state index in [9.17, 15) is 5.11 Å². The Morgan fingerprint density at radius 1 is 1.35 bits per heavy atom. The van der Waals surface area contributed by atoms with E-state index in [0.717, 1.165) is 36.8 Å². The minimum Gasteiger partial charge on any atom is -0.388 e. The van der Waals surface area contributed by atoms with Crippen molar-refractivity contribution in [1.82, 2.24) is 9.78 Å². The van der Waals surface area contributed by atoms with Gasteiger partial charge in [0.05, 0.1) is 12.3 Å². The van der Waals surface area contributed by atoms with Gasteiger partial charge in [0.1, 0.15) is 0 Å². The van der Waals surface area contributed by atoms with Crippen molar-refractivity contribution in [2.75, 3.05) is 0 Å². The van der Waals surface area contributed by atoms with Crippen molar-refractivity contribution < 1.29 is 5.11 Å². The third-order valence-electron chi connectivity index (χ3n) is 3.98. The van der Waals surface area contributed by atoms with E-state index in [1.54, 1.807) is 0 Å². The minimum absolute atomic E-state index is 0.333. The van der Waals surface area contributed by atoms with Crippen LogP contribution in [0.1, 0.15) is 51.7 Å². The van der Waals surface area contributed by atoms with Crippen molar-refractivity contribution >= 4 is 0 Å². The minimum atomic E-state index is -0.333. The number of aromatic nitrogens is 2. The molecule has 1 aliphatic rings. The molecule has 2 rings (SSSR count). The number of rotatable bonds is 3. The van der Waals surface area contributed by atoms with E-state index in [4.69, 9.17) is 0 Å². The van der Waals surface area contributed by atoms with Crippen LogP contribution in [-0.2, 0) is 6.54 Å². The zero-order chi connectivity index (χ0) is 12.4. The molecule has 0 radical (unpaired) electrons. The largest absolute Gasteiger partial charge is 0.388 e. The van der Waals surface area contributed by atoms with Crippen LogP contribution in [0, 0.1) is 17.8 Å². The molecule has 0 aliphatic heterocycles. The molecule has 1 fully saturated rings. The second-order valence-electron chi connectivity index (χ2n) is 5.75. The molecule has 0 bridgehead atoms. The van der Waals surface area contributed by atoms with Gasteiger partial charge >= 0.3 is 0 Å². The lowest BCUT2D eigenvalue weighted by Gasteiger charge is -2.34. The molecule has 3 nitrogen and oxygen atoms in total. The van der Waals surface area contributed by atoms with Gasteiger partial charge in [0.25, 0.3) is 0 Å². The maximum Gasteiger partial charge on any atom is 0.0848 e. The van der Waals surface area contributed by atoms with Gasteiger partial charge in [-0.2, -0.15) is 5.10 Å². The Bertz CT molecular complexity index is 351. The summed E-state index contributed by atoms with van der Waals surface area (Å²) in [5.74, 6) is 1.88. The molecule has 0 aromatic carbocycles. The first-order valence-corrected chi connectivity index (χ1v) is 6.80. The monoisotopic (exact) mass is 236 g/mol. The molecule has 17 heavy (non-hydrogen) atoms. The maximum absolute atomic E-state index is 10.4. The molecule has 3 unspecified atom stereocenters. The predicted molar refractivity (Wildman–Crippen MR) is 68.5 cm³/mol. The Labute approximate surface area is 104 Å². The molecule has 1 N–H and O–H groups in total. The van der Waals surface area contributed by atoms with Crippen LogP contribution in [0.3, 0.4) is 0 Å². The number of hydrogen-bond donors (Lipinski definition) is 1. The van der Waals surface area contributed by atoms with Gasteiger partial charge in [0.2, 0.25) is 0 Å². The van der Waals surface area contributed by atoms with Crippen LogP contribution in [0.25, 0.3) is 0 Å². The Balaban J connectivity index is 2.05. The second-order valence-corrected chi connectivity index (χ2v) is 5.75. The van der Waals surface area contributed by atoms with Crippen molar-refractivity contribution in [2.24, 2.45) is 17.8 Å². The molecule has 0 spiro atoms. The Morgan fingerprint density at radius 3 is 2.53 bits per heavy atom. The van der Waals surface area contributed by atoms with Crippen LogP contribution in [0.5, 0.6) is 0 Å². The molecule has 1 aromatic rings. The van der Waals surface area contributed by atoms with Gasteiger partial charge < -0.3 is 5.11 Å². The smallest absolute Gasteiger partial charge is 0.0848 e. The lowest BCUT2D eigenvalue weighted by molar-refractivity contribution is 0.0551. The van der Waals surface area contributed by atoms with E-state index in [2.05, 4.69) is 25.9 Å². The summed E-state index contributed by atoms with van der Waals surface area (Å²) in [6.45, 7) is 7.52. The van der Waals surface area contributed by atoms with Gasteiger partial charge in [0.15, 0.2) is 0 Å². The fraction of sp³-hybridized carbons (Fsp3) is 0.786. The standard InChI is InChI=1S/C14H24N2O/c1-4-16-9-13(8-15-16)14(17)12-6-10(2)5-11(3)7-12/h8-12,14,17H,4-7H2,1-3H3. The lowest BCUT2D eigenvalue weighted by Crippen LogP contribution is -2.24. The lowest BCUT2D eigenvalue weighted by atomic mass is 9.73. The van der Waals surface area contributed by atoms with Crippen LogP contribution < -0.4 is 0 Å². The molecule has 0 amide bonds. The number of aryl methyl sites for hydroxylation is 1. The zero-order valence-electron chi connectivity index (χ0n) is 11.1. The quantitative estimate of drug-likeness (QED) is 0.876. The summed E-state index contributed by atoms with van der Waals surface area (Å²) in [6.07, 6.45) is 7.05. The fourth-order valence-corrected chi connectivity index (χ4v) is 3.24. The van der Waals surface area contributed by atoms with Gasteiger partial charge in [-0.25, -0.2) is 0 Å². The molecule has 0 saturated heterocycles. The first kappa shape index (κ1) is 12.6. The van der Waals surface area contributed by atoms with Crippen molar-refractivity contribution in [3.63, 3.8) is 0 Å². The van der Waals surface area contributed by atoms with Crippen LogP contribution in [-0.4, -0.2) is 14.9 Å². The van der Waals surface area contributed by atoms with Gasteiger partial charge in [-0.1, -0.05) is 13.8 Å². The third kappa shape index (κ3) is 2.89. The predicted octanol–water partition coefficient (Wildman–Crippen LogP) is 3.01. The maximum atomic E-state index is 10.4. The van der Waals surface area contributed by atoms with Crippen molar-refractivity contribution in [3.05, 3.63) is 18.0 Å². The zero-order valence-corrected chi connectivity index (χ0v) is 11.1. The molecular formula is C14H24N2O. The van der Waals surface area contributed by atoms with Crippen LogP contribution in [0.15, 0.2) is 12.4 Å². The molecule has 3 atom stereocenters. The summed E-state index contributed by atoms with van der Waals surface area (Å²) in [5.41, 5.74) is 0.984. The summed E-state index contributed by atoms with van der Waals surface area (Å²) >= 11 is 0. The summed E-state index contributed by atoms with van der Waals surface area (Å²) in [7, 11) is 0. The van der Waals surface area contributed by atoms with E-state index < -0.39 is 0 Å². The van der Waals surface area contributed by atoms with Gasteiger partial charge in [-0.05, 0) is 43.9 Å². The molecule has 96 valence electrons. The van der Waals surface area contributed by atoms with Crippen molar-refractivity contribution in [3.8, 4) is 0 Å². The highest BCUT2D eigenvalue weighted by Gasteiger charge is 2.30. The first-order chi connectivity index (χ1) is 8.10. The fourth-order valence-electron chi connectivity index (χ4n) is 3.24. The Morgan fingerprint density at radius 2 is 2.00 bits per heavy atom. The highest BCUT2D eigenvalue weighted by Crippen LogP contribution is 2.39. The summed E-state index contributed by atoms with van der Waals surface area (Å²) in [6, 6.07) is 0. The Hall–Kier alpha value is -0.830. The number of aliphatic hydroxyl groups is 1. The molecular weight excluding hydrogens is 212 g/mol. The second kappa shape index (κ2) is 5.21. The van der Waals surface area contributed by atoms with Gasteiger partial charge in [-0.3, -0.25) is 4.68 Å².